The minimum Gasteiger partial charge on any atom is -0.369 e. The summed E-state index contributed by atoms with van der Waals surface area (Å²) in [6, 6.07) is 12.4. The predicted molar refractivity (Wildman–Crippen MR) is 119 cm³/mol. The second-order valence-electron chi connectivity index (χ2n) is 7.14. The van der Waals surface area contributed by atoms with Gasteiger partial charge in [0.05, 0.1) is 13.1 Å². The van der Waals surface area contributed by atoms with E-state index in [0.29, 0.717) is 19.6 Å². The van der Waals surface area contributed by atoms with E-state index in [0.717, 1.165) is 23.1 Å². The summed E-state index contributed by atoms with van der Waals surface area (Å²) < 4.78 is 26.4. The molecule has 0 spiro atoms. The molecule has 3 rings (SSSR count). The highest BCUT2D eigenvalue weighted by Gasteiger charge is 2.38. The quantitative estimate of drug-likeness (QED) is 0.569. The zero-order chi connectivity index (χ0) is 20.1. The topological polar surface area (TPSA) is 58.4 Å². The van der Waals surface area contributed by atoms with Gasteiger partial charge in [0.2, 0.25) is 5.91 Å². The maximum absolute atomic E-state index is 13.4. The van der Waals surface area contributed by atoms with Crippen molar-refractivity contribution >= 4 is 30.7 Å². The van der Waals surface area contributed by atoms with Crippen molar-refractivity contribution in [3.05, 3.63) is 70.8 Å². The van der Waals surface area contributed by atoms with E-state index >= 15 is 0 Å². The average Bonchev–Trinajstić information content (AvgIpc) is 3.43. The first kappa shape index (κ1) is 25.9. The van der Waals surface area contributed by atoms with Gasteiger partial charge in [-0.05, 0) is 35.2 Å². The van der Waals surface area contributed by atoms with Crippen LogP contribution in [0.25, 0.3) is 0 Å². The third-order valence-electron chi connectivity index (χ3n) is 4.85. The summed E-state index contributed by atoms with van der Waals surface area (Å²) >= 11 is 0. The van der Waals surface area contributed by atoms with Crippen molar-refractivity contribution in [2.45, 2.75) is 31.5 Å². The highest BCUT2D eigenvalue weighted by Crippen LogP contribution is 2.41. The van der Waals surface area contributed by atoms with Crippen LogP contribution in [0.3, 0.4) is 0 Å². The molecule has 30 heavy (non-hydrogen) atoms. The van der Waals surface area contributed by atoms with Gasteiger partial charge in [-0.1, -0.05) is 36.3 Å². The first-order chi connectivity index (χ1) is 13.5. The number of hydrogen-bond acceptors (Lipinski definition) is 3. The Morgan fingerprint density at radius 3 is 2.40 bits per heavy atom. The molecule has 2 aromatic rings. The first-order valence-electron chi connectivity index (χ1n) is 9.16. The first-order valence-corrected chi connectivity index (χ1v) is 9.16. The molecule has 1 saturated carbocycles. The van der Waals surface area contributed by atoms with E-state index in [1.165, 1.54) is 12.1 Å². The molecular formula is C22H25Cl2F2N3O. The Bertz CT molecular complexity index is 887. The summed E-state index contributed by atoms with van der Waals surface area (Å²) in [6.45, 7) is 1.74. The Balaban J connectivity index is 0.00000225. The Hall–Kier alpha value is -2.17. The third kappa shape index (κ3) is 7.26. The van der Waals surface area contributed by atoms with E-state index in [2.05, 4.69) is 11.2 Å². The lowest BCUT2D eigenvalue weighted by molar-refractivity contribution is -0.119. The Labute approximate surface area is 188 Å². The second kappa shape index (κ2) is 11.9. The van der Waals surface area contributed by atoms with Gasteiger partial charge in [-0.2, -0.15) is 0 Å². The van der Waals surface area contributed by atoms with Gasteiger partial charge < -0.3 is 11.1 Å². The lowest BCUT2D eigenvalue weighted by Crippen LogP contribution is -2.33. The molecule has 0 bridgehead atoms. The van der Waals surface area contributed by atoms with Crippen LogP contribution in [0.1, 0.15) is 29.0 Å². The average molecular weight is 456 g/mol. The fourth-order valence-corrected chi connectivity index (χ4v) is 3.32. The zero-order valence-electron chi connectivity index (χ0n) is 16.3. The van der Waals surface area contributed by atoms with Crippen molar-refractivity contribution in [1.82, 2.24) is 10.2 Å². The summed E-state index contributed by atoms with van der Waals surface area (Å²) in [4.78, 5) is 12.9. The summed E-state index contributed by atoms with van der Waals surface area (Å²) in [7, 11) is 0. The molecule has 0 heterocycles. The Morgan fingerprint density at radius 1 is 1.13 bits per heavy atom. The van der Waals surface area contributed by atoms with Gasteiger partial charge in [-0.3, -0.25) is 9.69 Å². The molecule has 0 aliphatic heterocycles. The van der Waals surface area contributed by atoms with Crippen LogP contribution in [0.5, 0.6) is 0 Å². The van der Waals surface area contributed by atoms with Crippen molar-refractivity contribution in [2.24, 2.45) is 5.73 Å². The van der Waals surface area contributed by atoms with Crippen LogP contribution < -0.4 is 11.1 Å². The van der Waals surface area contributed by atoms with Gasteiger partial charge in [0.1, 0.15) is 0 Å². The zero-order valence-corrected chi connectivity index (χ0v) is 17.9. The monoisotopic (exact) mass is 455 g/mol. The second-order valence-corrected chi connectivity index (χ2v) is 7.14. The van der Waals surface area contributed by atoms with Crippen LogP contribution >= 0.6 is 24.8 Å². The van der Waals surface area contributed by atoms with Crippen LogP contribution in [0.15, 0.2) is 42.5 Å². The largest absolute Gasteiger partial charge is 0.369 e. The van der Waals surface area contributed by atoms with Gasteiger partial charge >= 0.3 is 0 Å². The van der Waals surface area contributed by atoms with Crippen LogP contribution in [0, 0.1) is 24.0 Å². The molecular weight excluding hydrogens is 431 g/mol. The maximum Gasteiger partial charge on any atom is 0.231 e. The van der Waals surface area contributed by atoms with Crippen molar-refractivity contribution in [3.8, 4) is 12.3 Å². The normalized spacial score (nSPS) is 16.9. The standard InChI is InChI=1S/C22H23F2N3O.2ClH/c1-2-9-27(14-22(25)28)13-16-5-3-15(4-6-16)12-26-21-11-18(21)17-7-8-19(23)20(24)10-17;;/h1,3-8,10,18,21,26H,9,11-14H2,(H2,25,28);2*1H/t18-,21+;;/m0../s1. The number of halogens is 4. The molecule has 0 aromatic heterocycles. The molecule has 1 amide bonds. The van der Waals surface area contributed by atoms with Gasteiger partial charge in [0.25, 0.3) is 0 Å². The minimum absolute atomic E-state index is 0. The molecule has 1 fully saturated rings. The fraction of sp³-hybridized carbons (Fsp3) is 0.318. The number of primary amides is 1. The van der Waals surface area contributed by atoms with Crippen LogP contribution in [-0.2, 0) is 17.9 Å². The van der Waals surface area contributed by atoms with Gasteiger partial charge in [0, 0.05) is 25.0 Å². The van der Waals surface area contributed by atoms with Gasteiger partial charge in [-0.25, -0.2) is 8.78 Å². The van der Waals surface area contributed by atoms with E-state index in [1.54, 1.807) is 6.07 Å². The number of carbonyl (C=O) groups is 1. The van der Waals surface area contributed by atoms with E-state index < -0.39 is 17.5 Å². The lowest BCUT2D eigenvalue weighted by atomic mass is 10.1. The van der Waals surface area contributed by atoms with E-state index in [-0.39, 0.29) is 43.3 Å². The number of hydrogen-bond donors (Lipinski definition) is 2. The molecule has 2 atom stereocenters. The van der Waals surface area contributed by atoms with E-state index in [9.17, 15) is 13.6 Å². The summed E-state index contributed by atoms with van der Waals surface area (Å²) in [5.41, 5.74) is 8.25. The molecule has 4 nitrogen and oxygen atoms in total. The fourth-order valence-electron chi connectivity index (χ4n) is 3.32. The number of nitrogens with zero attached hydrogens (tertiary/aromatic N) is 1. The predicted octanol–water partition coefficient (Wildman–Crippen LogP) is 3.37. The summed E-state index contributed by atoms with van der Waals surface area (Å²) in [5, 5.41) is 3.45. The molecule has 3 N–H and O–H groups in total. The van der Waals surface area contributed by atoms with Crippen molar-refractivity contribution < 1.29 is 13.6 Å². The van der Waals surface area contributed by atoms with E-state index in [1.807, 2.05) is 29.2 Å². The summed E-state index contributed by atoms with van der Waals surface area (Å²) in [5.74, 6) is 0.737. The lowest BCUT2D eigenvalue weighted by Gasteiger charge is -2.18. The number of benzene rings is 2. The van der Waals surface area contributed by atoms with Crippen molar-refractivity contribution in [2.75, 3.05) is 13.1 Å². The number of terminal acetylenes is 1. The van der Waals surface area contributed by atoms with Crippen LogP contribution in [0.2, 0.25) is 0 Å². The smallest absolute Gasteiger partial charge is 0.231 e. The number of amides is 1. The SMILES string of the molecule is C#CCN(CC(N)=O)Cc1ccc(CN[C@@H]2C[C@H]2c2ccc(F)c(F)c2)cc1.Cl.Cl. The molecule has 0 saturated heterocycles. The number of nitrogens with two attached hydrogens (primary N) is 1. The molecule has 0 radical (unpaired) electrons. The molecule has 1 aliphatic carbocycles. The Morgan fingerprint density at radius 2 is 1.80 bits per heavy atom. The highest BCUT2D eigenvalue weighted by atomic mass is 35.5. The summed E-state index contributed by atoms with van der Waals surface area (Å²) in [6.07, 6.45) is 6.25. The molecule has 0 unspecified atom stereocenters. The van der Waals surface area contributed by atoms with Gasteiger partial charge in [0.15, 0.2) is 11.6 Å². The molecule has 8 heteroatoms. The number of rotatable bonds is 9. The van der Waals surface area contributed by atoms with Crippen molar-refractivity contribution in [3.63, 3.8) is 0 Å². The molecule has 162 valence electrons. The number of carbonyl (C=O) groups excluding carboxylic acids is 1. The van der Waals surface area contributed by atoms with Crippen LogP contribution in [0.4, 0.5) is 8.78 Å². The van der Waals surface area contributed by atoms with Crippen LogP contribution in [-0.4, -0.2) is 29.9 Å². The minimum atomic E-state index is -0.814. The maximum atomic E-state index is 13.4. The number of nitrogens with one attached hydrogen (secondary N) is 1. The molecule has 2 aromatic carbocycles. The molecule has 1 aliphatic rings. The van der Waals surface area contributed by atoms with Gasteiger partial charge in [-0.15, -0.1) is 31.2 Å². The van der Waals surface area contributed by atoms with E-state index in [4.69, 9.17) is 12.2 Å². The Kier molecular flexibility index (Phi) is 10.2. The van der Waals surface area contributed by atoms with Crippen molar-refractivity contribution in [1.29, 1.82) is 0 Å². The third-order valence-corrected chi connectivity index (χ3v) is 4.85. The highest BCUT2D eigenvalue weighted by molar-refractivity contribution is 5.85.